The molecule has 2 atom stereocenters. The fraction of sp³-hybridized carbons (Fsp3) is 0.733. The third-order valence-corrected chi connectivity index (χ3v) is 4.03. The van der Waals surface area contributed by atoms with Gasteiger partial charge in [-0.05, 0) is 55.4 Å². The zero-order valence-corrected chi connectivity index (χ0v) is 12.2. The standard InChI is InChI=1S/C15H26OS/c1-12(2)10-13(3)11-14(16)6-4-7-15-8-5-9-17-15/h5,8-9,12-14,16H,4,6-7,10-11H2,1-3H3. The van der Waals surface area contributed by atoms with Gasteiger partial charge in [-0.25, -0.2) is 0 Å². The molecule has 0 saturated heterocycles. The van der Waals surface area contributed by atoms with E-state index in [9.17, 15) is 5.11 Å². The second-order valence-corrected chi connectivity index (χ2v) is 6.63. The number of aliphatic hydroxyl groups is 1. The SMILES string of the molecule is CC(C)CC(C)CC(O)CCCc1cccs1. The van der Waals surface area contributed by atoms with Crippen LogP contribution in [0.2, 0.25) is 0 Å². The van der Waals surface area contributed by atoms with Crippen LogP contribution in [-0.4, -0.2) is 11.2 Å². The van der Waals surface area contributed by atoms with Gasteiger partial charge in [-0.2, -0.15) is 0 Å². The normalized spacial score (nSPS) is 15.1. The minimum absolute atomic E-state index is 0.108. The Hall–Kier alpha value is -0.340. The van der Waals surface area contributed by atoms with Gasteiger partial charge in [0.1, 0.15) is 0 Å². The molecule has 0 fully saturated rings. The van der Waals surface area contributed by atoms with Crippen LogP contribution in [0, 0.1) is 11.8 Å². The van der Waals surface area contributed by atoms with Crippen LogP contribution in [-0.2, 0) is 6.42 Å². The molecule has 0 radical (unpaired) electrons. The van der Waals surface area contributed by atoms with Crippen molar-refractivity contribution in [2.24, 2.45) is 11.8 Å². The predicted octanol–water partition coefficient (Wildman–Crippen LogP) is 4.50. The van der Waals surface area contributed by atoms with Gasteiger partial charge in [0.15, 0.2) is 0 Å². The van der Waals surface area contributed by atoms with E-state index in [1.54, 1.807) is 0 Å². The van der Waals surface area contributed by atoms with Gasteiger partial charge >= 0.3 is 0 Å². The molecule has 0 bridgehead atoms. The summed E-state index contributed by atoms with van der Waals surface area (Å²) < 4.78 is 0. The van der Waals surface area contributed by atoms with Crippen LogP contribution in [0.1, 0.15) is 51.3 Å². The first kappa shape index (κ1) is 14.7. The Bertz CT molecular complexity index is 279. The monoisotopic (exact) mass is 254 g/mol. The minimum atomic E-state index is -0.108. The highest BCUT2D eigenvalue weighted by molar-refractivity contribution is 7.09. The average molecular weight is 254 g/mol. The van der Waals surface area contributed by atoms with Gasteiger partial charge in [0.05, 0.1) is 6.10 Å². The van der Waals surface area contributed by atoms with Crippen molar-refractivity contribution < 1.29 is 5.11 Å². The number of aryl methyl sites for hydroxylation is 1. The van der Waals surface area contributed by atoms with Crippen molar-refractivity contribution in [3.05, 3.63) is 22.4 Å². The van der Waals surface area contributed by atoms with Crippen LogP contribution >= 0.6 is 11.3 Å². The molecule has 1 aromatic rings. The molecular formula is C15H26OS. The summed E-state index contributed by atoms with van der Waals surface area (Å²) in [5, 5.41) is 12.1. The fourth-order valence-corrected chi connectivity index (χ4v) is 3.20. The summed E-state index contributed by atoms with van der Waals surface area (Å²) in [7, 11) is 0. The van der Waals surface area contributed by atoms with E-state index in [4.69, 9.17) is 0 Å². The van der Waals surface area contributed by atoms with E-state index in [0.29, 0.717) is 5.92 Å². The highest BCUT2D eigenvalue weighted by Crippen LogP contribution is 2.19. The Balaban J connectivity index is 2.10. The van der Waals surface area contributed by atoms with Crippen molar-refractivity contribution in [2.75, 3.05) is 0 Å². The molecule has 0 aromatic carbocycles. The molecule has 0 aliphatic carbocycles. The maximum atomic E-state index is 9.96. The fourth-order valence-electron chi connectivity index (χ4n) is 2.45. The summed E-state index contributed by atoms with van der Waals surface area (Å²) in [5.74, 6) is 1.38. The van der Waals surface area contributed by atoms with Gasteiger partial charge in [-0.15, -0.1) is 11.3 Å². The topological polar surface area (TPSA) is 20.2 Å². The smallest absolute Gasteiger partial charge is 0.0543 e. The summed E-state index contributed by atoms with van der Waals surface area (Å²) in [4.78, 5) is 1.44. The van der Waals surface area contributed by atoms with Crippen LogP contribution in [0.25, 0.3) is 0 Å². The Labute approximate surface area is 110 Å². The van der Waals surface area contributed by atoms with Crippen molar-refractivity contribution in [2.45, 2.75) is 59.0 Å². The summed E-state index contributed by atoms with van der Waals surface area (Å²) in [6.45, 7) is 6.75. The summed E-state index contributed by atoms with van der Waals surface area (Å²) in [5.41, 5.74) is 0. The average Bonchev–Trinajstić information content (AvgIpc) is 2.68. The third kappa shape index (κ3) is 6.85. The van der Waals surface area contributed by atoms with Gasteiger partial charge < -0.3 is 5.11 Å². The molecule has 1 nitrogen and oxygen atoms in total. The molecule has 98 valence electrons. The van der Waals surface area contributed by atoms with Crippen LogP contribution < -0.4 is 0 Å². The third-order valence-electron chi connectivity index (χ3n) is 3.09. The van der Waals surface area contributed by atoms with Crippen LogP contribution in [0.3, 0.4) is 0 Å². The first-order valence-electron chi connectivity index (χ1n) is 6.78. The molecule has 0 aliphatic rings. The number of hydrogen-bond acceptors (Lipinski definition) is 2. The van der Waals surface area contributed by atoms with Crippen molar-refractivity contribution in [3.63, 3.8) is 0 Å². The molecule has 0 saturated carbocycles. The Morgan fingerprint density at radius 2 is 2.00 bits per heavy atom. The highest BCUT2D eigenvalue weighted by atomic mass is 32.1. The number of aliphatic hydroxyl groups excluding tert-OH is 1. The van der Waals surface area contributed by atoms with Gasteiger partial charge in [0, 0.05) is 4.88 Å². The first-order valence-corrected chi connectivity index (χ1v) is 7.66. The van der Waals surface area contributed by atoms with Gasteiger partial charge in [0.2, 0.25) is 0 Å². The quantitative estimate of drug-likeness (QED) is 0.724. The predicted molar refractivity (Wildman–Crippen MR) is 76.5 cm³/mol. The van der Waals surface area contributed by atoms with E-state index in [2.05, 4.69) is 38.3 Å². The van der Waals surface area contributed by atoms with Crippen LogP contribution in [0.4, 0.5) is 0 Å². The number of rotatable bonds is 8. The zero-order chi connectivity index (χ0) is 12.7. The van der Waals surface area contributed by atoms with Crippen molar-refractivity contribution in [1.29, 1.82) is 0 Å². The molecule has 0 amide bonds. The van der Waals surface area contributed by atoms with Crippen LogP contribution in [0.5, 0.6) is 0 Å². The molecule has 2 unspecified atom stereocenters. The molecule has 1 rings (SSSR count). The molecule has 1 heterocycles. The van der Waals surface area contributed by atoms with E-state index >= 15 is 0 Å². The lowest BCUT2D eigenvalue weighted by Crippen LogP contribution is -2.13. The van der Waals surface area contributed by atoms with Crippen molar-refractivity contribution >= 4 is 11.3 Å². The van der Waals surface area contributed by atoms with E-state index < -0.39 is 0 Å². The maximum Gasteiger partial charge on any atom is 0.0543 e. The first-order chi connectivity index (χ1) is 8.08. The second kappa shape index (κ2) is 7.88. The molecule has 2 heteroatoms. The van der Waals surface area contributed by atoms with E-state index in [1.807, 2.05) is 11.3 Å². The molecule has 0 aliphatic heterocycles. The lowest BCUT2D eigenvalue weighted by molar-refractivity contribution is 0.129. The van der Waals surface area contributed by atoms with E-state index in [-0.39, 0.29) is 6.10 Å². The Morgan fingerprint density at radius 3 is 2.59 bits per heavy atom. The highest BCUT2D eigenvalue weighted by Gasteiger charge is 2.11. The van der Waals surface area contributed by atoms with Crippen molar-refractivity contribution in [1.82, 2.24) is 0 Å². The molecule has 0 spiro atoms. The molecule has 1 N–H and O–H groups in total. The van der Waals surface area contributed by atoms with E-state index in [0.717, 1.165) is 31.6 Å². The maximum absolute atomic E-state index is 9.96. The lowest BCUT2D eigenvalue weighted by Gasteiger charge is -2.17. The largest absolute Gasteiger partial charge is 0.393 e. The lowest BCUT2D eigenvalue weighted by atomic mass is 9.92. The van der Waals surface area contributed by atoms with Gasteiger partial charge in [-0.3, -0.25) is 0 Å². The Morgan fingerprint density at radius 1 is 1.24 bits per heavy atom. The van der Waals surface area contributed by atoms with Crippen molar-refractivity contribution in [3.8, 4) is 0 Å². The van der Waals surface area contributed by atoms with Gasteiger partial charge in [-0.1, -0.05) is 26.8 Å². The minimum Gasteiger partial charge on any atom is -0.393 e. The van der Waals surface area contributed by atoms with Crippen LogP contribution in [0.15, 0.2) is 17.5 Å². The van der Waals surface area contributed by atoms with E-state index in [1.165, 1.54) is 11.3 Å². The Kier molecular flexibility index (Phi) is 6.83. The zero-order valence-electron chi connectivity index (χ0n) is 11.4. The molecular weight excluding hydrogens is 228 g/mol. The second-order valence-electron chi connectivity index (χ2n) is 5.60. The molecule has 1 aromatic heterocycles. The summed E-state index contributed by atoms with van der Waals surface area (Å²) >= 11 is 1.82. The number of thiophene rings is 1. The molecule has 17 heavy (non-hydrogen) atoms. The summed E-state index contributed by atoms with van der Waals surface area (Å²) in [6.07, 6.45) is 5.25. The van der Waals surface area contributed by atoms with Gasteiger partial charge in [0.25, 0.3) is 0 Å². The summed E-state index contributed by atoms with van der Waals surface area (Å²) in [6, 6.07) is 4.28. The number of hydrogen-bond donors (Lipinski definition) is 1.